The molecule has 1 fully saturated rings. The van der Waals surface area contributed by atoms with Crippen LogP contribution in [0.4, 0.5) is 11.4 Å². The van der Waals surface area contributed by atoms with Crippen LogP contribution in [0.25, 0.3) is 0 Å². The lowest BCUT2D eigenvalue weighted by Gasteiger charge is -2.18. The fourth-order valence-corrected chi connectivity index (χ4v) is 2.70. The van der Waals surface area contributed by atoms with Crippen LogP contribution in [-0.4, -0.2) is 22.7 Å². The lowest BCUT2D eigenvalue weighted by atomic mass is 10.0. The van der Waals surface area contributed by atoms with Gasteiger partial charge in [-0.15, -0.1) is 0 Å². The number of rotatable bonds is 5. The number of aryl methyl sites for hydroxylation is 1. The van der Waals surface area contributed by atoms with Crippen LogP contribution < -0.4 is 5.32 Å². The molecule has 1 atom stereocenters. The first kappa shape index (κ1) is 13.8. The standard InChI is InChI=1S/C14H20N2O3/c1-10-8-12(6-7-13(10)16(18)19)15-9-14(17)11-4-2-3-5-11/h6-8,11,14-15,17H,2-5,9H2,1H3. The zero-order chi connectivity index (χ0) is 13.8. The predicted molar refractivity (Wildman–Crippen MR) is 74.3 cm³/mol. The number of nitrogens with one attached hydrogen (secondary N) is 1. The summed E-state index contributed by atoms with van der Waals surface area (Å²) in [5, 5.41) is 23.9. The average Bonchev–Trinajstić information content (AvgIpc) is 2.89. The molecule has 1 unspecified atom stereocenters. The minimum Gasteiger partial charge on any atom is -0.391 e. The third-order valence-corrected chi connectivity index (χ3v) is 3.85. The van der Waals surface area contributed by atoms with Crippen molar-refractivity contribution in [1.82, 2.24) is 0 Å². The van der Waals surface area contributed by atoms with Gasteiger partial charge in [-0.25, -0.2) is 0 Å². The highest BCUT2D eigenvalue weighted by Gasteiger charge is 2.22. The van der Waals surface area contributed by atoms with Crippen molar-refractivity contribution in [1.29, 1.82) is 0 Å². The van der Waals surface area contributed by atoms with Crippen LogP contribution >= 0.6 is 0 Å². The van der Waals surface area contributed by atoms with E-state index in [2.05, 4.69) is 5.32 Å². The molecule has 0 radical (unpaired) electrons. The van der Waals surface area contributed by atoms with E-state index < -0.39 is 0 Å². The number of nitrogens with zero attached hydrogens (tertiary/aromatic N) is 1. The summed E-state index contributed by atoms with van der Waals surface area (Å²) in [6, 6.07) is 4.94. The Morgan fingerprint density at radius 1 is 1.47 bits per heavy atom. The summed E-state index contributed by atoms with van der Waals surface area (Å²) in [4.78, 5) is 10.3. The van der Waals surface area contributed by atoms with E-state index in [1.807, 2.05) is 0 Å². The quantitative estimate of drug-likeness (QED) is 0.633. The molecule has 1 aromatic rings. The second-order valence-corrected chi connectivity index (χ2v) is 5.25. The van der Waals surface area contributed by atoms with E-state index in [9.17, 15) is 15.2 Å². The highest BCUT2D eigenvalue weighted by molar-refractivity contribution is 5.53. The summed E-state index contributed by atoms with van der Waals surface area (Å²) in [7, 11) is 0. The summed E-state index contributed by atoms with van der Waals surface area (Å²) < 4.78 is 0. The topological polar surface area (TPSA) is 75.4 Å². The van der Waals surface area contributed by atoms with Gasteiger partial charge in [0, 0.05) is 23.9 Å². The largest absolute Gasteiger partial charge is 0.391 e. The minimum atomic E-state index is -0.382. The van der Waals surface area contributed by atoms with Crippen LogP contribution in [0.1, 0.15) is 31.2 Å². The fraction of sp³-hybridized carbons (Fsp3) is 0.571. The maximum Gasteiger partial charge on any atom is 0.272 e. The minimum absolute atomic E-state index is 0.127. The molecule has 2 N–H and O–H groups in total. The maximum atomic E-state index is 10.7. The summed E-state index contributed by atoms with van der Waals surface area (Å²) in [6.45, 7) is 2.22. The third-order valence-electron chi connectivity index (χ3n) is 3.85. The van der Waals surface area contributed by atoms with Gasteiger partial charge >= 0.3 is 0 Å². The van der Waals surface area contributed by atoms with Gasteiger partial charge in [0.25, 0.3) is 5.69 Å². The van der Waals surface area contributed by atoms with Crippen molar-refractivity contribution in [2.24, 2.45) is 5.92 Å². The molecule has 0 bridgehead atoms. The summed E-state index contributed by atoms with van der Waals surface area (Å²) in [6.07, 6.45) is 4.28. The third kappa shape index (κ3) is 3.44. The molecule has 2 rings (SSSR count). The second-order valence-electron chi connectivity index (χ2n) is 5.25. The van der Waals surface area contributed by atoms with Crippen molar-refractivity contribution >= 4 is 11.4 Å². The summed E-state index contributed by atoms with van der Waals surface area (Å²) in [5.41, 5.74) is 1.58. The van der Waals surface area contributed by atoms with Crippen molar-refractivity contribution in [2.75, 3.05) is 11.9 Å². The van der Waals surface area contributed by atoms with Gasteiger partial charge in [0.2, 0.25) is 0 Å². The van der Waals surface area contributed by atoms with Crippen LogP contribution in [0, 0.1) is 23.0 Å². The molecule has 0 amide bonds. The Bertz CT molecular complexity index is 456. The van der Waals surface area contributed by atoms with Gasteiger partial charge in [-0.05, 0) is 37.8 Å². The molecule has 1 aliphatic carbocycles. The highest BCUT2D eigenvalue weighted by atomic mass is 16.6. The Balaban J connectivity index is 1.92. The van der Waals surface area contributed by atoms with Crippen LogP contribution in [0.3, 0.4) is 0 Å². The second kappa shape index (κ2) is 6.02. The number of nitro benzene ring substituents is 1. The van der Waals surface area contributed by atoms with Gasteiger partial charge in [-0.1, -0.05) is 12.8 Å². The molecule has 5 heteroatoms. The van der Waals surface area contributed by atoms with Crippen LogP contribution in [0.2, 0.25) is 0 Å². The van der Waals surface area contributed by atoms with E-state index in [0.717, 1.165) is 18.5 Å². The van der Waals surface area contributed by atoms with E-state index in [1.54, 1.807) is 19.1 Å². The molecule has 5 nitrogen and oxygen atoms in total. The van der Waals surface area contributed by atoms with E-state index in [0.29, 0.717) is 18.0 Å². The van der Waals surface area contributed by atoms with Crippen LogP contribution in [0.5, 0.6) is 0 Å². The van der Waals surface area contributed by atoms with Crippen molar-refractivity contribution < 1.29 is 10.0 Å². The smallest absolute Gasteiger partial charge is 0.272 e. The number of anilines is 1. The Morgan fingerprint density at radius 3 is 2.74 bits per heavy atom. The van der Waals surface area contributed by atoms with Gasteiger partial charge in [0.1, 0.15) is 0 Å². The van der Waals surface area contributed by atoms with Crippen molar-refractivity contribution in [2.45, 2.75) is 38.7 Å². The van der Waals surface area contributed by atoms with Gasteiger partial charge in [-0.2, -0.15) is 0 Å². The monoisotopic (exact) mass is 264 g/mol. The van der Waals surface area contributed by atoms with Crippen molar-refractivity contribution in [3.8, 4) is 0 Å². The first-order valence-corrected chi connectivity index (χ1v) is 6.75. The Morgan fingerprint density at radius 2 is 2.16 bits per heavy atom. The average molecular weight is 264 g/mol. The van der Waals surface area contributed by atoms with Gasteiger partial charge in [0.15, 0.2) is 0 Å². The number of hydrogen-bond donors (Lipinski definition) is 2. The number of nitro groups is 1. The molecular formula is C14H20N2O3. The molecule has 0 spiro atoms. The Hall–Kier alpha value is -1.62. The summed E-state index contributed by atoms with van der Waals surface area (Å²) >= 11 is 0. The molecular weight excluding hydrogens is 244 g/mol. The molecule has 1 saturated carbocycles. The van der Waals surface area contributed by atoms with Crippen molar-refractivity contribution in [3.05, 3.63) is 33.9 Å². The zero-order valence-corrected chi connectivity index (χ0v) is 11.1. The lowest BCUT2D eigenvalue weighted by Crippen LogP contribution is -2.26. The first-order valence-electron chi connectivity index (χ1n) is 6.75. The van der Waals surface area contributed by atoms with E-state index in [1.165, 1.54) is 18.9 Å². The first-order chi connectivity index (χ1) is 9.08. The highest BCUT2D eigenvalue weighted by Crippen LogP contribution is 2.28. The molecule has 0 heterocycles. The molecule has 0 saturated heterocycles. The number of aliphatic hydroxyl groups excluding tert-OH is 1. The predicted octanol–water partition coefficient (Wildman–Crippen LogP) is 2.87. The number of aliphatic hydroxyl groups is 1. The lowest BCUT2D eigenvalue weighted by molar-refractivity contribution is -0.385. The molecule has 104 valence electrons. The van der Waals surface area contributed by atoms with Crippen LogP contribution in [0.15, 0.2) is 18.2 Å². The van der Waals surface area contributed by atoms with E-state index >= 15 is 0 Å². The van der Waals surface area contributed by atoms with E-state index in [4.69, 9.17) is 0 Å². The molecule has 1 aliphatic rings. The van der Waals surface area contributed by atoms with Crippen molar-refractivity contribution in [3.63, 3.8) is 0 Å². The van der Waals surface area contributed by atoms with Gasteiger partial charge in [0.05, 0.1) is 11.0 Å². The van der Waals surface area contributed by atoms with Crippen LogP contribution in [-0.2, 0) is 0 Å². The zero-order valence-electron chi connectivity index (χ0n) is 11.1. The normalized spacial score (nSPS) is 17.4. The van der Waals surface area contributed by atoms with Gasteiger partial charge < -0.3 is 10.4 Å². The molecule has 0 aromatic heterocycles. The maximum absolute atomic E-state index is 10.7. The molecule has 0 aliphatic heterocycles. The Kier molecular flexibility index (Phi) is 4.37. The summed E-state index contributed by atoms with van der Waals surface area (Å²) in [5.74, 6) is 0.395. The fourth-order valence-electron chi connectivity index (χ4n) is 2.70. The molecule has 1 aromatic carbocycles. The van der Waals surface area contributed by atoms with Gasteiger partial charge in [-0.3, -0.25) is 10.1 Å². The molecule has 19 heavy (non-hydrogen) atoms. The number of benzene rings is 1. The SMILES string of the molecule is Cc1cc(NCC(O)C2CCCC2)ccc1[N+](=O)[O-]. The van der Waals surface area contributed by atoms with E-state index in [-0.39, 0.29) is 16.7 Å². The Labute approximate surface area is 112 Å². The number of hydrogen-bond acceptors (Lipinski definition) is 4.